The lowest BCUT2D eigenvalue weighted by molar-refractivity contribution is -0.890. The van der Waals surface area contributed by atoms with Crippen molar-refractivity contribution < 1.29 is 23.7 Å². The van der Waals surface area contributed by atoms with Crippen molar-refractivity contribution in [2.75, 3.05) is 27.2 Å². The van der Waals surface area contributed by atoms with E-state index in [1.165, 1.54) is 81.8 Å². The lowest BCUT2D eigenvalue weighted by Gasteiger charge is -2.29. The zero-order valence-electron chi connectivity index (χ0n) is 15.1. The van der Waals surface area contributed by atoms with Crippen LogP contribution < -0.4 is 4.89 Å². The summed E-state index contributed by atoms with van der Waals surface area (Å²) in [6, 6.07) is 0. The van der Waals surface area contributed by atoms with Gasteiger partial charge in [-0.05, 0) is 25.7 Å². The van der Waals surface area contributed by atoms with Gasteiger partial charge in [-0.1, -0.05) is 52.4 Å². The van der Waals surface area contributed by atoms with E-state index in [2.05, 4.69) is 27.9 Å². The van der Waals surface area contributed by atoms with E-state index in [4.69, 9.17) is 19.2 Å². The second-order valence-electron chi connectivity index (χ2n) is 6.70. The monoisotopic (exact) mass is 339 g/mol. The fourth-order valence-corrected chi connectivity index (χ4v) is 2.40. The molecule has 136 valence electrons. The van der Waals surface area contributed by atoms with Crippen LogP contribution >= 0.6 is 7.82 Å². The molecule has 0 aromatic carbocycles. The minimum atomic E-state index is -4.89. The molecule has 0 aliphatic heterocycles. The molecule has 0 heterocycles. The Morgan fingerprint density at radius 2 is 1.05 bits per heavy atom. The molecular weight excluding hydrogens is 301 g/mol. The molecule has 0 unspecified atom stereocenters. The van der Waals surface area contributed by atoms with Gasteiger partial charge in [-0.25, -0.2) is 0 Å². The summed E-state index contributed by atoms with van der Waals surface area (Å²) in [5.41, 5.74) is 0. The fourth-order valence-electron chi connectivity index (χ4n) is 2.40. The van der Waals surface area contributed by atoms with Crippen LogP contribution in [0, 0.1) is 0 Å². The van der Waals surface area contributed by atoms with Crippen LogP contribution in [0.1, 0.15) is 78.1 Å². The Morgan fingerprint density at radius 3 is 1.45 bits per heavy atom. The third-order valence-corrected chi connectivity index (χ3v) is 3.73. The Morgan fingerprint density at radius 1 is 0.773 bits per heavy atom. The van der Waals surface area contributed by atoms with Gasteiger partial charge in [-0.3, -0.25) is 4.57 Å². The van der Waals surface area contributed by atoms with Crippen LogP contribution in [0.2, 0.25) is 0 Å². The van der Waals surface area contributed by atoms with Gasteiger partial charge >= 0.3 is 0 Å². The molecule has 22 heavy (non-hydrogen) atoms. The molecule has 0 bridgehead atoms. The van der Waals surface area contributed by atoms with Crippen molar-refractivity contribution in [1.29, 1.82) is 0 Å². The Bertz CT molecular complexity index is 271. The number of hydrogen-bond donors (Lipinski definition) is 2. The minimum Gasteiger partial charge on any atom is -0.756 e. The first-order valence-electron chi connectivity index (χ1n) is 8.71. The van der Waals surface area contributed by atoms with Gasteiger partial charge in [0.1, 0.15) is 0 Å². The number of rotatable bonds is 12. The van der Waals surface area contributed by atoms with Gasteiger partial charge in [0.05, 0.1) is 27.2 Å². The maximum atomic E-state index is 8.77. The molecule has 0 saturated heterocycles. The number of quaternary nitrogens is 1. The third-order valence-electron chi connectivity index (χ3n) is 3.73. The highest BCUT2D eigenvalue weighted by molar-refractivity contribution is 7.43. The van der Waals surface area contributed by atoms with Gasteiger partial charge in [0.25, 0.3) is 7.82 Å². The molecule has 0 aromatic heterocycles. The topological polar surface area (TPSA) is 80.6 Å². The average Bonchev–Trinajstić information content (AvgIpc) is 2.36. The molecule has 5 nitrogen and oxygen atoms in total. The summed E-state index contributed by atoms with van der Waals surface area (Å²) in [6.07, 6.45) is 14.2. The maximum absolute atomic E-state index is 8.77. The Balaban J connectivity index is 0. The first-order valence-corrected chi connectivity index (χ1v) is 10.2. The van der Waals surface area contributed by atoms with Crippen LogP contribution in [0.15, 0.2) is 0 Å². The molecule has 0 radical (unpaired) electrons. The van der Waals surface area contributed by atoms with Crippen LogP contribution in [0.4, 0.5) is 0 Å². The summed E-state index contributed by atoms with van der Waals surface area (Å²) in [5, 5.41) is 0. The largest absolute Gasteiger partial charge is 0.756 e. The number of hydrogen-bond acceptors (Lipinski definition) is 2. The van der Waals surface area contributed by atoms with Crippen molar-refractivity contribution in [1.82, 2.24) is 0 Å². The second kappa shape index (κ2) is 14.6. The van der Waals surface area contributed by atoms with Crippen LogP contribution in [0.5, 0.6) is 0 Å². The Kier molecular flexibility index (Phi) is 16.2. The van der Waals surface area contributed by atoms with Crippen LogP contribution in [0.3, 0.4) is 0 Å². The molecule has 0 rings (SSSR count). The molecule has 0 aliphatic carbocycles. The van der Waals surface area contributed by atoms with E-state index in [0.29, 0.717) is 0 Å². The van der Waals surface area contributed by atoms with Crippen molar-refractivity contribution in [2.45, 2.75) is 78.1 Å². The van der Waals surface area contributed by atoms with E-state index in [0.717, 1.165) is 0 Å². The number of unbranched alkanes of at least 4 members (excludes halogenated alkanes) is 8. The average molecular weight is 339 g/mol. The second-order valence-corrected chi connectivity index (χ2v) is 7.68. The summed E-state index contributed by atoms with van der Waals surface area (Å²) in [4.78, 5) is 22.9. The molecule has 0 amide bonds. The number of phosphoric acid groups is 1. The quantitative estimate of drug-likeness (QED) is 0.324. The van der Waals surface area contributed by atoms with Crippen LogP contribution in [-0.4, -0.2) is 41.5 Å². The van der Waals surface area contributed by atoms with Crippen molar-refractivity contribution >= 4 is 7.82 Å². The van der Waals surface area contributed by atoms with Gasteiger partial charge in [0, 0.05) is 0 Å². The zero-order chi connectivity index (χ0) is 17.5. The van der Waals surface area contributed by atoms with Gasteiger partial charge in [0.2, 0.25) is 0 Å². The molecule has 0 aliphatic rings. The van der Waals surface area contributed by atoms with E-state index in [1.54, 1.807) is 0 Å². The molecule has 0 saturated carbocycles. The standard InChI is InChI=1S/C16H36N.H3O4P/c1-5-7-9-10-11-12-14-16-17(3,4)15-13-8-6-2;1-5(2,3)4/h5-16H2,1-4H3;(H3,1,2,3,4)/q+1;/p-1. The van der Waals surface area contributed by atoms with Crippen molar-refractivity contribution in [3.63, 3.8) is 0 Å². The highest BCUT2D eigenvalue weighted by Crippen LogP contribution is 2.19. The molecule has 0 fully saturated rings. The molecule has 2 N–H and O–H groups in total. The van der Waals surface area contributed by atoms with E-state index in [9.17, 15) is 0 Å². The van der Waals surface area contributed by atoms with Gasteiger partial charge in [-0.2, -0.15) is 0 Å². The molecule has 0 spiro atoms. The van der Waals surface area contributed by atoms with Crippen molar-refractivity contribution in [2.24, 2.45) is 0 Å². The first-order chi connectivity index (χ1) is 10.1. The minimum absolute atomic E-state index is 1.23. The van der Waals surface area contributed by atoms with E-state index in [1.807, 2.05) is 0 Å². The number of nitrogens with zero attached hydrogens (tertiary/aromatic N) is 1. The van der Waals surface area contributed by atoms with Gasteiger partial charge in [-0.15, -0.1) is 0 Å². The Labute approximate surface area is 137 Å². The summed E-state index contributed by atoms with van der Waals surface area (Å²) >= 11 is 0. The molecule has 0 atom stereocenters. The summed E-state index contributed by atoms with van der Waals surface area (Å²) < 4.78 is 10.0. The fraction of sp³-hybridized carbons (Fsp3) is 1.00. The van der Waals surface area contributed by atoms with Gasteiger partial charge in [0.15, 0.2) is 0 Å². The normalized spacial score (nSPS) is 12.0. The van der Waals surface area contributed by atoms with E-state index >= 15 is 0 Å². The van der Waals surface area contributed by atoms with Crippen LogP contribution in [-0.2, 0) is 4.57 Å². The summed E-state index contributed by atoms with van der Waals surface area (Å²) in [7, 11) is -0.0977. The third kappa shape index (κ3) is 28.3. The highest BCUT2D eigenvalue weighted by atomic mass is 31.2. The molecule has 0 aromatic rings. The molecule has 6 heteroatoms. The predicted octanol–water partition coefficient (Wildman–Crippen LogP) is 3.44. The van der Waals surface area contributed by atoms with Crippen molar-refractivity contribution in [3.05, 3.63) is 0 Å². The van der Waals surface area contributed by atoms with Crippen LogP contribution in [0.25, 0.3) is 0 Å². The molecular formula is C16H38NO4P. The van der Waals surface area contributed by atoms with Crippen molar-refractivity contribution in [3.8, 4) is 0 Å². The summed E-state index contributed by atoms with van der Waals surface area (Å²) in [5.74, 6) is 0. The zero-order valence-corrected chi connectivity index (χ0v) is 16.0. The Hall–Kier alpha value is 0.0700. The van der Waals surface area contributed by atoms with Gasteiger partial charge < -0.3 is 19.2 Å². The lowest BCUT2D eigenvalue weighted by Crippen LogP contribution is -2.41. The highest BCUT2D eigenvalue weighted by Gasteiger charge is 2.13. The van der Waals surface area contributed by atoms with E-state index in [-0.39, 0.29) is 0 Å². The maximum Gasteiger partial charge on any atom is 0.262 e. The lowest BCUT2D eigenvalue weighted by atomic mass is 10.1. The first kappa shape index (κ1) is 24.3. The predicted molar refractivity (Wildman–Crippen MR) is 91.4 cm³/mol. The van der Waals surface area contributed by atoms with E-state index < -0.39 is 7.82 Å². The SMILES string of the molecule is CCCCCCCCC[N+](C)(C)CCCCC.O=P([O-])(O)O. The smallest absolute Gasteiger partial charge is 0.262 e. The summed E-state index contributed by atoms with van der Waals surface area (Å²) in [6.45, 7) is 7.31.